The first-order valence-electron chi connectivity index (χ1n) is 9.31. The van der Waals surface area contributed by atoms with E-state index in [-0.39, 0.29) is 11.9 Å². The molecule has 144 valence electrons. The molecule has 1 amide bonds. The number of aromatic nitrogens is 2. The molecule has 2 heterocycles. The topological polar surface area (TPSA) is 58.2 Å². The number of ether oxygens (including phenoxy) is 1. The Morgan fingerprint density at radius 1 is 1.14 bits per heavy atom. The van der Waals surface area contributed by atoms with Gasteiger partial charge in [-0.25, -0.2) is 0 Å². The van der Waals surface area contributed by atoms with Gasteiger partial charge in [-0.1, -0.05) is 53.6 Å². The van der Waals surface area contributed by atoms with Crippen LogP contribution in [-0.4, -0.2) is 41.3 Å². The zero-order valence-electron chi connectivity index (χ0n) is 15.9. The van der Waals surface area contributed by atoms with Crippen molar-refractivity contribution in [2.75, 3.05) is 20.3 Å². The summed E-state index contributed by atoms with van der Waals surface area (Å²) in [6.07, 6.45) is 0.768. The number of hydrogen-bond acceptors (Lipinski definition) is 3. The van der Waals surface area contributed by atoms with Crippen molar-refractivity contribution >= 4 is 17.5 Å². The fraction of sp³-hybridized carbons (Fsp3) is 0.273. The molecule has 6 heteroatoms. The van der Waals surface area contributed by atoms with E-state index in [1.807, 2.05) is 41.3 Å². The molecule has 3 aromatic rings. The highest BCUT2D eigenvalue weighted by atomic mass is 35.5. The normalized spacial score (nSPS) is 15.9. The Kier molecular flexibility index (Phi) is 5.20. The number of amides is 1. The minimum absolute atomic E-state index is 0.0306. The van der Waals surface area contributed by atoms with E-state index < -0.39 is 0 Å². The molecule has 0 radical (unpaired) electrons. The number of fused-ring (bicyclic) bond motifs is 1. The van der Waals surface area contributed by atoms with E-state index in [0.717, 1.165) is 28.8 Å². The van der Waals surface area contributed by atoms with Crippen molar-refractivity contribution in [3.63, 3.8) is 0 Å². The lowest BCUT2D eigenvalue weighted by Crippen LogP contribution is -2.31. The number of carbonyl (C=O) groups excluding carboxylic acids is 1. The molecule has 2 aromatic carbocycles. The van der Waals surface area contributed by atoms with Crippen molar-refractivity contribution < 1.29 is 9.53 Å². The Labute approximate surface area is 169 Å². The second kappa shape index (κ2) is 7.78. The van der Waals surface area contributed by atoms with Crippen LogP contribution >= 0.6 is 11.6 Å². The molecule has 0 aliphatic carbocycles. The smallest absolute Gasteiger partial charge is 0.273 e. The molecule has 4 rings (SSSR count). The predicted octanol–water partition coefficient (Wildman–Crippen LogP) is 4.62. The number of H-pyrrole nitrogens is 1. The van der Waals surface area contributed by atoms with E-state index >= 15 is 0 Å². The number of carbonyl (C=O) groups is 1. The van der Waals surface area contributed by atoms with Crippen LogP contribution in [0.1, 0.15) is 39.6 Å². The maximum atomic E-state index is 13.1. The second-order valence-corrected chi connectivity index (χ2v) is 7.46. The molecule has 1 N–H and O–H groups in total. The summed E-state index contributed by atoms with van der Waals surface area (Å²) in [6, 6.07) is 15.7. The first kappa shape index (κ1) is 18.7. The first-order chi connectivity index (χ1) is 13.6. The maximum Gasteiger partial charge on any atom is 0.273 e. The van der Waals surface area contributed by atoms with Crippen molar-refractivity contribution in [2.24, 2.45) is 0 Å². The maximum absolute atomic E-state index is 13.1. The molecule has 0 saturated carbocycles. The van der Waals surface area contributed by atoms with Gasteiger partial charge in [-0.2, -0.15) is 5.10 Å². The van der Waals surface area contributed by atoms with Gasteiger partial charge in [0.05, 0.1) is 11.7 Å². The molecule has 28 heavy (non-hydrogen) atoms. The largest absolute Gasteiger partial charge is 0.385 e. The fourth-order valence-electron chi connectivity index (χ4n) is 3.73. The summed E-state index contributed by atoms with van der Waals surface area (Å²) in [7, 11) is 1.67. The highest BCUT2D eigenvalue weighted by molar-refractivity contribution is 6.30. The summed E-state index contributed by atoms with van der Waals surface area (Å²) >= 11 is 6.09. The lowest BCUT2D eigenvalue weighted by Gasteiger charge is -2.26. The second-order valence-electron chi connectivity index (χ2n) is 7.03. The van der Waals surface area contributed by atoms with Gasteiger partial charge in [0.2, 0.25) is 0 Å². The van der Waals surface area contributed by atoms with E-state index in [1.54, 1.807) is 7.11 Å². The van der Waals surface area contributed by atoms with Gasteiger partial charge in [0.1, 0.15) is 5.69 Å². The van der Waals surface area contributed by atoms with Crippen LogP contribution in [-0.2, 0) is 4.74 Å². The van der Waals surface area contributed by atoms with Crippen molar-refractivity contribution in [1.82, 2.24) is 15.1 Å². The Morgan fingerprint density at radius 3 is 2.54 bits per heavy atom. The Balaban J connectivity index is 1.80. The Bertz CT molecular complexity index is 980. The van der Waals surface area contributed by atoms with Gasteiger partial charge < -0.3 is 9.64 Å². The third-order valence-electron chi connectivity index (χ3n) is 5.12. The number of aryl methyl sites for hydroxylation is 1. The molecule has 0 spiro atoms. The number of benzene rings is 2. The SMILES string of the molecule is COCCCN1C(=O)c2[nH]nc(-c3ccc(C)cc3)c2C1c1ccc(Cl)cc1. The minimum atomic E-state index is -0.202. The number of methoxy groups -OCH3 is 1. The van der Waals surface area contributed by atoms with E-state index in [9.17, 15) is 4.79 Å². The molecule has 0 saturated heterocycles. The third-order valence-corrected chi connectivity index (χ3v) is 5.37. The fourth-order valence-corrected chi connectivity index (χ4v) is 3.86. The summed E-state index contributed by atoms with van der Waals surface area (Å²) < 4.78 is 5.18. The molecule has 1 aliphatic rings. The van der Waals surface area contributed by atoms with Crippen LogP contribution in [0.3, 0.4) is 0 Å². The lowest BCUT2D eigenvalue weighted by molar-refractivity contribution is 0.0723. The zero-order valence-corrected chi connectivity index (χ0v) is 16.7. The Morgan fingerprint density at radius 2 is 1.86 bits per heavy atom. The summed E-state index contributed by atoms with van der Waals surface area (Å²) in [5.41, 5.74) is 5.50. The highest BCUT2D eigenvalue weighted by Gasteiger charge is 2.41. The molecule has 1 aliphatic heterocycles. The molecule has 0 fully saturated rings. The molecule has 1 atom stereocenters. The molecular formula is C22H22ClN3O2. The third kappa shape index (κ3) is 3.32. The van der Waals surface area contributed by atoms with Gasteiger partial charge in [-0.3, -0.25) is 9.89 Å². The van der Waals surface area contributed by atoms with Crippen molar-refractivity contribution in [1.29, 1.82) is 0 Å². The molecule has 1 unspecified atom stereocenters. The molecule has 1 aromatic heterocycles. The standard InChI is InChI=1S/C22H22ClN3O2/c1-14-4-6-15(7-5-14)19-18-20(25-24-19)22(27)26(12-3-13-28-2)21(18)16-8-10-17(23)11-9-16/h4-11,21H,3,12-13H2,1-2H3,(H,24,25). The van der Waals surface area contributed by atoms with Crippen LogP contribution in [0.25, 0.3) is 11.3 Å². The van der Waals surface area contributed by atoms with Crippen LogP contribution in [0.15, 0.2) is 48.5 Å². The van der Waals surface area contributed by atoms with Crippen molar-refractivity contribution in [2.45, 2.75) is 19.4 Å². The van der Waals surface area contributed by atoms with E-state index in [4.69, 9.17) is 16.3 Å². The van der Waals surface area contributed by atoms with Gasteiger partial charge in [-0.15, -0.1) is 0 Å². The lowest BCUT2D eigenvalue weighted by atomic mass is 9.96. The minimum Gasteiger partial charge on any atom is -0.385 e. The van der Waals surface area contributed by atoms with Crippen LogP contribution in [0.4, 0.5) is 0 Å². The number of nitrogens with zero attached hydrogens (tertiary/aromatic N) is 2. The van der Waals surface area contributed by atoms with E-state index in [0.29, 0.717) is 23.9 Å². The van der Waals surface area contributed by atoms with Crippen LogP contribution in [0, 0.1) is 6.92 Å². The zero-order chi connectivity index (χ0) is 19.7. The van der Waals surface area contributed by atoms with Crippen LogP contribution < -0.4 is 0 Å². The van der Waals surface area contributed by atoms with E-state index in [1.165, 1.54) is 5.56 Å². The summed E-state index contributed by atoms with van der Waals surface area (Å²) in [6.45, 7) is 3.26. The number of rotatable bonds is 6. The highest BCUT2D eigenvalue weighted by Crippen LogP contribution is 2.42. The average Bonchev–Trinajstić information content (AvgIpc) is 3.23. The molecular weight excluding hydrogens is 374 g/mol. The average molecular weight is 396 g/mol. The van der Waals surface area contributed by atoms with Crippen molar-refractivity contribution in [3.05, 3.63) is 75.9 Å². The predicted molar refractivity (Wildman–Crippen MR) is 110 cm³/mol. The van der Waals surface area contributed by atoms with Gasteiger partial charge in [0.25, 0.3) is 5.91 Å². The molecule has 5 nitrogen and oxygen atoms in total. The summed E-state index contributed by atoms with van der Waals surface area (Å²) in [5, 5.41) is 8.14. The van der Waals surface area contributed by atoms with Crippen molar-refractivity contribution in [3.8, 4) is 11.3 Å². The summed E-state index contributed by atoms with van der Waals surface area (Å²) in [5.74, 6) is -0.0306. The number of nitrogens with one attached hydrogen (secondary N) is 1. The van der Waals surface area contributed by atoms with Gasteiger partial charge in [0.15, 0.2) is 0 Å². The van der Waals surface area contributed by atoms with Crippen LogP contribution in [0.2, 0.25) is 5.02 Å². The van der Waals surface area contributed by atoms with Gasteiger partial charge >= 0.3 is 0 Å². The number of hydrogen-bond donors (Lipinski definition) is 1. The first-order valence-corrected chi connectivity index (χ1v) is 9.68. The van der Waals surface area contributed by atoms with E-state index in [2.05, 4.69) is 29.3 Å². The molecule has 0 bridgehead atoms. The summed E-state index contributed by atoms with van der Waals surface area (Å²) in [4.78, 5) is 15.0. The van der Waals surface area contributed by atoms with Crippen LogP contribution in [0.5, 0.6) is 0 Å². The number of halogens is 1. The van der Waals surface area contributed by atoms with Gasteiger partial charge in [-0.05, 0) is 31.0 Å². The quantitative estimate of drug-likeness (QED) is 0.619. The van der Waals surface area contributed by atoms with Gasteiger partial charge in [0, 0.05) is 36.4 Å². The Hall–Kier alpha value is -2.63. The monoisotopic (exact) mass is 395 g/mol. The number of aromatic amines is 1.